The van der Waals surface area contributed by atoms with E-state index in [2.05, 4.69) is 15.0 Å². The highest BCUT2D eigenvalue weighted by Gasteiger charge is 2.66. The molecular weight excluding hydrogens is 270 g/mol. The number of fused-ring (bicyclic) bond motifs is 2. The van der Waals surface area contributed by atoms with Crippen LogP contribution in [0.15, 0.2) is 6.33 Å². The van der Waals surface area contributed by atoms with Gasteiger partial charge in [-0.1, -0.05) is 11.6 Å². The lowest BCUT2D eigenvalue weighted by Gasteiger charge is -2.11. The van der Waals surface area contributed by atoms with E-state index in [0.717, 1.165) is 6.42 Å². The van der Waals surface area contributed by atoms with Gasteiger partial charge in [-0.3, -0.25) is 4.79 Å². The molecule has 2 atom stereocenters. The van der Waals surface area contributed by atoms with Crippen molar-refractivity contribution < 1.29 is 9.53 Å². The van der Waals surface area contributed by atoms with Crippen molar-refractivity contribution in [3.63, 3.8) is 0 Å². The zero-order chi connectivity index (χ0) is 13.2. The molecule has 2 aromatic rings. The van der Waals surface area contributed by atoms with E-state index in [-0.39, 0.29) is 17.1 Å². The molecule has 0 spiro atoms. The molecule has 1 unspecified atom stereocenters. The topological polar surface area (TPSA) is 95.9 Å². The molecule has 0 amide bonds. The Morgan fingerprint density at radius 3 is 3.11 bits per heavy atom. The molecule has 2 fully saturated rings. The van der Waals surface area contributed by atoms with Gasteiger partial charge in [0.15, 0.2) is 10.8 Å². The number of rotatable bonds is 2. The maximum absolute atomic E-state index is 11.8. The molecule has 1 aliphatic carbocycles. The second kappa shape index (κ2) is 3.36. The average molecular weight is 280 g/mol. The lowest BCUT2D eigenvalue weighted by Crippen LogP contribution is -2.20. The molecule has 4 rings (SSSR count). The van der Waals surface area contributed by atoms with Crippen molar-refractivity contribution in [2.24, 2.45) is 11.3 Å². The molecule has 1 aliphatic heterocycles. The molecule has 0 bridgehead atoms. The van der Waals surface area contributed by atoms with Crippen LogP contribution in [-0.4, -0.2) is 32.1 Å². The van der Waals surface area contributed by atoms with Crippen LogP contribution in [0, 0.1) is 11.3 Å². The first-order chi connectivity index (χ1) is 9.10. The number of imidazole rings is 1. The van der Waals surface area contributed by atoms with Crippen LogP contribution in [-0.2, 0) is 16.1 Å². The Bertz CT molecular complexity index is 714. The fourth-order valence-electron chi connectivity index (χ4n) is 2.80. The zero-order valence-corrected chi connectivity index (χ0v) is 10.6. The molecule has 2 aromatic heterocycles. The summed E-state index contributed by atoms with van der Waals surface area (Å²) in [6.45, 7) is 1.02. The molecular formula is C11H10ClN5O2. The van der Waals surface area contributed by atoms with Gasteiger partial charge in [-0.25, -0.2) is 4.98 Å². The number of hydrogen-bond acceptors (Lipinski definition) is 6. The molecule has 1 saturated carbocycles. The molecule has 7 nitrogen and oxygen atoms in total. The predicted octanol–water partition coefficient (Wildman–Crippen LogP) is 0.625. The summed E-state index contributed by atoms with van der Waals surface area (Å²) in [5.41, 5.74) is 6.17. The Morgan fingerprint density at radius 2 is 2.42 bits per heavy atom. The van der Waals surface area contributed by atoms with Crippen molar-refractivity contribution in [1.82, 2.24) is 19.5 Å². The van der Waals surface area contributed by atoms with Crippen LogP contribution >= 0.6 is 11.6 Å². The van der Waals surface area contributed by atoms with E-state index >= 15 is 0 Å². The molecule has 0 aromatic carbocycles. The third-order valence-corrected chi connectivity index (χ3v) is 4.22. The average Bonchev–Trinajstić information content (AvgIpc) is 2.78. The molecule has 19 heavy (non-hydrogen) atoms. The zero-order valence-electron chi connectivity index (χ0n) is 9.84. The van der Waals surface area contributed by atoms with E-state index < -0.39 is 5.41 Å². The molecule has 2 N–H and O–H groups in total. The summed E-state index contributed by atoms with van der Waals surface area (Å²) in [7, 11) is 0. The first-order valence-corrected chi connectivity index (χ1v) is 6.29. The molecule has 8 heteroatoms. The summed E-state index contributed by atoms with van der Waals surface area (Å²) in [4.78, 5) is 23.9. The number of esters is 1. The summed E-state index contributed by atoms with van der Waals surface area (Å²) < 4.78 is 6.88. The summed E-state index contributed by atoms with van der Waals surface area (Å²) in [5.74, 6) is 0.267. The van der Waals surface area contributed by atoms with Gasteiger partial charge < -0.3 is 15.0 Å². The number of carbonyl (C=O) groups is 1. The van der Waals surface area contributed by atoms with E-state index in [1.165, 1.54) is 0 Å². The van der Waals surface area contributed by atoms with E-state index in [1.54, 1.807) is 6.33 Å². The SMILES string of the molecule is Nc1nc(Cl)c2c(ncn2C[C@]23CC2COC3=O)n1. The van der Waals surface area contributed by atoms with E-state index in [0.29, 0.717) is 30.2 Å². The quantitative estimate of drug-likeness (QED) is 0.640. The van der Waals surface area contributed by atoms with E-state index in [1.807, 2.05) is 4.57 Å². The Kier molecular flexibility index (Phi) is 1.94. The van der Waals surface area contributed by atoms with Gasteiger partial charge in [-0.2, -0.15) is 9.97 Å². The van der Waals surface area contributed by atoms with Crippen molar-refractivity contribution in [2.45, 2.75) is 13.0 Å². The normalized spacial score (nSPS) is 28.5. The molecule has 2 aliphatic rings. The highest BCUT2D eigenvalue weighted by molar-refractivity contribution is 6.33. The van der Waals surface area contributed by atoms with Crippen molar-refractivity contribution in [3.8, 4) is 0 Å². The highest BCUT2D eigenvalue weighted by Crippen LogP contribution is 2.59. The van der Waals surface area contributed by atoms with Crippen LogP contribution in [0.3, 0.4) is 0 Å². The van der Waals surface area contributed by atoms with Crippen LogP contribution < -0.4 is 5.73 Å². The minimum Gasteiger partial charge on any atom is -0.465 e. The van der Waals surface area contributed by atoms with E-state index in [4.69, 9.17) is 22.1 Å². The van der Waals surface area contributed by atoms with Gasteiger partial charge in [0.2, 0.25) is 5.95 Å². The number of hydrogen-bond donors (Lipinski definition) is 1. The van der Waals surface area contributed by atoms with E-state index in [9.17, 15) is 4.79 Å². The number of ether oxygens (including phenoxy) is 1. The molecule has 98 valence electrons. The minimum atomic E-state index is -0.404. The van der Waals surface area contributed by atoms with Gasteiger partial charge in [0, 0.05) is 12.5 Å². The Balaban J connectivity index is 1.79. The fraction of sp³-hybridized carbons (Fsp3) is 0.455. The van der Waals surface area contributed by atoms with Crippen LogP contribution in [0.25, 0.3) is 11.2 Å². The van der Waals surface area contributed by atoms with Gasteiger partial charge >= 0.3 is 5.97 Å². The van der Waals surface area contributed by atoms with Crippen molar-refractivity contribution >= 4 is 34.7 Å². The Hall–Kier alpha value is -1.89. The second-order valence-corrected chi connectivity index (χ2v) is 5.43. The first-order valence-electron chi connectivity index (χ1n) is 5.91. The number of cyclic esters (lactones) is 1. The standard InChI is InChI=1S/C11H10ClN5O2/c12-7-6-8(16-10(13)15-7)14-4-17(6)3-11-1-5(11)2-19-9(11)18/h4-5H,1-3H2,(H2,13,15,16)/t5?,11-/m1/s1. The van der Waals surface area contributed by atoms with Crippen molar-refractivity contribution in [1.29, 1.82) is 0 Å². The Morgan fingerprint density at radius 1 is 1.58 bits per heavy atom. The third kappa shape index (κ3) is 1.39. The van der Waals surface area contributed by atoms with Gasteiger partial charge in [0.25, 0.3) is 0 Å². The monoisotopic (exact) mass is 279 g/mol. The lowest BCUT2D eigenvalue weighted by atomic mass is 10.1. The number of aromatic nitrogens is 4. The number of halogens is 1. The number of nitrogen functional groups attached to an aromatic ring is 1. The van der Waals surface area contributed by atoms with Crippen LogP contribution in [0.1, 0.15) is 6.42 Å². The van der Waals surface area contributed by atoms with Crippen molar-refractivity contribution in [3.05, 3.63) is 11.5 Å². The van der Waals surface area contributed by atoms with Gasteiger partial charge in [-0.15, -0.1) is 0 Å². The Labute approximate surface area is 112 Å². The van der Waals surface area contributed by atoms with Crippen LogP contribution in [0.2, 0.25) is 5.15 Å². The van der Waals surface area contributed by atoms with Crippen LogP contribution in [0.4, 0.5) is 5.95 Å². The number of nitrogens with two attached hydrogens (primary N) is 1. The van der Waals surface area contributed by atoms with Crippen molar-refractivity contribution in [2.75, 3.05) is 12.3 Å². The number of nitrogens with zero attached hydrogens (tertiary/aromatic N) is 4. The summed E-state index contributed by atoms with van der Waals surface area (Å²) in [5, 5.41) is 0.250. The van der Waals surface area contributed by atoms with Gasteiger partial charge in [0.1, 0.15) is 5.52 Å². The number of anilines is 1. The third-order valence-electron chi connectivity index (χ3n) is 3.95. The maximum atomic E-state index is 11.8. The lowest BCUT2D eigenvalue weighted by molar-refractivity contribution is -0.145. The first kappa shape index (κ1) is 11.0. The summed E-state index contributed by atoms with van der Waals surface area (Å²) in [6.07, 6.45) is 2.47. The van der Waals surface area contributed by atoms with Gasteiger partial charge in [-0.05, 0) is 6.42 Å². The van der Waals surface area contributed by atoms with Crippen LogP contribution in [0.5, 0.6) is 0 Å². The molecule has 3 heterocycles. The summed E-state index contributed by atoms with van der Waals surface area (Å²) >= 11 is 6.08. The smallest absolute Gasteiger partial charge is 0.314 e. The maximum Gasteiger partial charge on any atom is 0.314 e. The predicted molar refractivity (Wildman–Crippen MR) is 66.2 cm³/mol. The fourth-order valence-corrected chi connectivity index (χ4v) is 3.08. The largest absolute Gasteiger partial charge is 0.465 e. The molecule has 1 saturated heterocycles. The highest BCUT2D eigenvalue weighted by atomic mass is 35.5. The number of carbonyl (C=O) groups excluding carboxylic acids is 1. The summed E-state index contributed by atoms with van der Waals surface area (Å²) in [6, 6.07) is 0. The van der Waals surface area contributed by atoms with Gasteiger partial charge in [0.05, 0.1) is 18.3 Å². The minimum absolute atomic E-state index is 0.0884. The molecule has 0 radical (unpaired) electrons. The second-order valence-electron chi connectivity index (χ2n) is 5.07.